The van der Waals surface area contributed by atoms with Crippen LogP contribution in [0.4, 0.5) is 10.3 Å². The summed E-state index contributed by atoms with van der Waals surface area (Å²) in [6.07, 6.45) is 7.31. The van der Waals surface area contributed by atoms with Crippen molar-refractivity contribution in [1.29, 1.82) is 0 Å². The van der Waals surface area contributed by atoms with Gasteiger partial charge in [-0.3, -0.25) is 4.40 Å². The second-order valence-electron chi connectivity index (χ2n) is 6.92. The van der Waals surface area contributed by atoms with E-state index < -0.39 is 0 Å². The topological polar surface area (TPSA) is 84.9 Å². The molecule has 3 aromatic heterocycles. The maximum atomic E-state index is 13.4. The molecule has 28 heavy (non-hydrogen) atoms. The summed E-state index contributed by atoms with van der Waals surface area (Å²) in [7, 11) is 0. The monoisotopic (exact) mass is 379 g/mol. The SMILES string of the molecule is Fc1ccc(-c2nc3occn3c2-c2ccnc(NC3CC[NH2+]CC3)n2)cc1. The van der Waals surface area contributed by atoms with Gasteiger partial charge in [0.05, 0.1) is 18.8 Å². The van der Waals surface area contributed by atoms with Crippen LogP contribution in [0.15, 0.2) is 53.4 Å². The maximum Gasteiger partial charge on any atom is 0.306 e. The molecule has 0 amide bonds. The number of hydrogen-bond acceptors (Lipinski definition) is 5. The number of aromatic nitrogens is 4. The van der Waals surface area contributed by atoms with Crippen LogP contribution in [0.5, 0.6) is 0 Å². The Hall–Kier alpha value is -3.26. The van der Waals surface area contributed by atoms with Crippen LogP contribution in [-0.2, 0) is 0 Å². The van der Waals surface area contributed by atoms with Gasteiger partial charge in [-0.2, -0.15) is 4.98 Å². The van der Waals surface area contributed by atoms with E-state index in [2.05, 4.69) is 20.6 Å². The highest BCUT2D eigenvalue weighted by atomic mass is 19.1. The van der Waals surface area contributed by atoms with Gasteiger partial charge in [0.15, 0.2) is 0 Å². The van der Waals surface area contributed by atoms with Gasteiger partial charge in [0.2, 0.25) is 5.95 Å². The molecular weight excluding hydrogens is 359 g/mol. The zero-order valence-corrected chi connectivity index (χ0v) is 15.2. The molecule has 0 atom stereocenters. The number of benzene rings is 1. The molecule has 1 aromatic carbocycles. The fourth-order valence-corrected chi connectivity index (χ4v) is 3.65. The molecule has 1 fully saturated rings. The molecule has 0 aliphatic carbocycles. The number of rotatable bonds is 4. The normalized spacial score (nSPS) is 15.2. The van der Waals surface area contributed by atoms with Crippen LogP contribution in [0.3, 0.4) is 0 Å². The van der Waals surface area contributed by atoms with Gasteiger partial charge in [-0.25, -0.2) is 14.4 Å². The third-order valence-electron chi connectivity index (χ3n) is 5.05. The minimum atomic E-state index is -0.286. The highest BCUT2D eigenvalue weighted by molar-refractivity contribution is 5.79. The number of imidazole rings is 1. The zero-order valence-electron chi connectivity index (χ0n) is 15.2. The fraction of sp³-hybridized carbons (Fsp3) is 0.250. The van der Waals surface area contributed by atoms with Crippen molar-refractivity contribution in [3.8, 4) is 22.6 Å². The van der Waals surface area contributed by atoms with E-state index in [9.17, 15) is 4.39 Å². The van der Waals surface area contributed by atoms with E-state index in [0.717, 1.165) is 42.9 Å². The maximum absolute atomic E-state index is 13.4. The quantitative estimate of drug-likeness (QED) is 0.569. The van der Waals surface area contributed by atoms with Crippen molar-refractivity contribution in [2.24, 2.45) is 0 Å². The Morgan fingerprint density at radius 3 is 2.75 bits per heavy atom. The van der Waals surface area contributed by atoms with Gasteiger partial charge in [-0.15, -0.1) is 0 Å². The predicted octanol–water partition coefficient (Wildman–Crippen LogP) is 2.33. The molecule has 4 heterocycles. The Kier molecular flexibility index (Phi) is 4.25. The lowest BCUT2D eigenvalue weighted by atomic mass is 10.1. The van der Waals surface area contributed by atoms with Crippen LogP contribution in [0.1, 0.15) is 12.8 Å². The highest BCUT2D eigenvalue weighted by Gasteiger charge is 2.21. The number of nitrogens with one attached hydrogen (secondary N) is 1. The van der Waals surface area contributed by atoms with E-state index in [1.165, 1.54) is 12.1 Å². The number of quaternary nitrogens is 1. The lowest BCUT2D eigenvalue weighted by molar-refractivity contribution is -0.662. The largest absolute Gasteiger partial charge is 0.432 e. The van der Waals surface area contributed by atoms with E-state index >= 15 is 0 Å². The Labute approximate surface area is 160 Å². The molecule has 0 spiro atoms. The van der Waals surface area contributed by atoms with Gasteiger partial charge in [-0.1, -0.05) is 0 Å². The Morgan fingerprint density at radius 1 is 1.11 bits per heavy atom. The molecule has 8 heteroatoms. The van der Waals surface area contributed by atoms with Crippen LogP contribution in [0, 0.1) is 5.82 Å². The van der Waals surface area contributed by atoms with E-state index in [-0.39, 0.29) is 5.82 Å². The van der Waals surface area contributed by atoms with Crippen molar-refractivity contribution >= 4 is 11.8 Å². The van der Waals surface area contributed by atoms with Crippen molar-refractivity contribution < 1.29 is 14.1 Å². The number of oxazole rings is 1. The number of hydrogen-bond donors (Lipinski definition) is 2. The molecule has 1 saturated heterocycles. The third-order valence-corrected chi connectivity index (χ3v) is 5.05. The summed E-state index contributed by atoms with van der Waals surface area (Å²) in [6.45, 7) is 2.23. The lowest BCUT2D eigenvalue weighted by Crippen LogP contribution is -2.87. The van der Waals surface area contributed by atoms with Crippen molar-refractivity contribution in [2.45, 2.75) is 18.9 Å². The molecule has 5 rings (SSSR count). The molecule has 7 nitrogen and oxygen atoms in total. The fourth-order valence-electron chi connectivity index (χ4n) is 3.65. The minimum Gasteiger partial charge on any atom is -0.432 e. The predicted molar refractivity (Wildman–Crippen MR) is 102 cm³/mol. The summed E-state index contributed by atoms with van der Waals surface area (Å²) in [6, 6.07) is 8.50. The molecule has 1 aliphatic rings. The van der Waals surface area contributed by atoms with Gasteiger partial charge in [-0.05, 0) is 30.3 Å². The van der Waals surface area contributed by atoms with Crippen LogP contribution >= 0.6 is 0 Å². The summed E-state index contributed by atoms with van der Waals surface area (Å²) in [4.78, 5) is 13.7. The summed E-state index contributed by atoms with van der Waals surface area (Å²) in [5, 5.41) is 5.77. The average Bonchev–Trinajstić information content (AvgIpc) is 3.31. The van der Waals surface area contributed by atoms with Crippen molar-refractivity contribution in [3.63, 3.8) is 0 Å². The number of nitrogens with two attached hydrogens (primary N) is 1. The number of anilines is 1. The second-order valence-corrected chi connectivity index (χ2v) is 6.92. The Morgan fingerprint density at radius 2 is 1.93 bits per heavy atom. The van der Waals surface area contributed by atoms with Crippen molar-refractivity contribution in [1.82, 2.24) is 19.4 Å². The number of fused-ring (bicyclic) bond motifs is 1. The van der Waals surface area contributed by atoms with Crippen LogP contribution in [0.25, 0.3) is 28.5 Å². The Balaban J connectivity index is 1.57. The third kappa shape index (κ3) is 3.11. The van der Waals surface area contributed by atoms with Gasteiger partial charge >= 0.3 is 5.84 Å². The van der Waals surface area contributed by atoms with E-state index in [4.69, 9.17) is 9.40 Å². The molecule has 0 unspecified atom stereocenters. The molecule has 1 aliphatic heterocycles. The van der Waals surface area contributed by atoms with Crippen LogP contribution in [-0.4, -0.2) is 38.5 Å². The first-order chi connectivity index (χ1) is 13.8. The summed E-state index contributed by atoms with van der Waals surface area (Å²) in [5.41, 5.74) is 3.01. The standard InChI is InChI=1S/C20H19FN6O/c21-14-3-1-13(2-4-14)17-18(27-11-12-28-20(27)26-17)16-7-10-23-19(25-16)24-15-5-8-22-9-6-15/h1-4,7,10-12,15,22H,5-6,8-9H2,(H,23,24,25)/p+1. The summed E-state index contributed by atoms with van der Waals surface area (Å²) < 4.78 is 20.7. The molecular formula is C20H20FN6O+. The molecule has 0 saturated carbocycles. The molecule has 0 bridgehead atoms. The number of piperidine rings is 1. The van der Waals surface area contributed by atoms with Gasteiger partial charge < -0.3 is 15.1 Å². The lowest BCUT2D eigenvalue weighted by Gasteiger charge is -2.21. The molecule has 3 N–H and O–H groups in total. The van der Waals surface area contributed by atoms with Crippen LogP contribution < -0.4 is 10.6 Å². The number of nitrogens with zero attached hydrogens (tertiary/aromatic N) is 4. The molecule has 142 valence electrons. The van der Waals surface area contributed by atoms with E-state index in [0.29, 0.717) is 23.5 Å². The van der Waals surface area contributed by atoms with E-state index in [1.807, 2.05) is 10.5 Å². The Bertz CT molecular complexity index is 1100. The summed E-state index contributed by atoms with van der Waals surface area (Å²) in [5.74, 6) is 0.782. The van der Waals surface area contributed by atoms with E-state index in [1.54, 1.807) is 30.8 Å². The highest BCUT2D eigenvalue weighted by Crippen LogP contribution is 2.32. The van der Waals surface area contributed by atoms with Crippen molar-refractivity contribution in [3.05, 3.63) is 54.8 Å². The summed E-state index contributed by atoms with van der Waals surface area (Å²) >= 11 is 0. The first-order valence-corrected chi connectivity index (χ1v) is 9.41. The minimum absolute atomic E-state index is 0.286. The molecule has 0 radical (unpaired) electrons. The average molecular weight is 379 g/mol. The first-order valence-electron chi connectivity index (χ1n) is 9.41. The van der Waals surface area contributed by atoms with Gasteiger partial charge in [0, 0.05) is 36.8 Å². The first kappa shape index (κ1) is 16.9. The van der Waals surface area contributed by atoms with Crippen LogP contribution in [0.2, 0.25) is 0 Å². The number of halogens is 1. The second kappa shape index (κ2) is 7.05. The van der Waals surface area contributed by atoms with Gasteiger partial charge in [0.1, 0.15) is 23.5 Å². The van der Waals surface area contributed by atoms with Crippen molar-refractivity contribution in [2.75, 3.05) is 18.4 Å². The zero-order chi connectivity index (χ0) is 18.9. The smallest absolute Gasteiger partial charge is 0.306 e. The van der Waals surface area contributed by atoms with Gasteiger partial charge in [0.25, 0.3) is 0 Å². The molecule has 4 aromatic rings.